The SMILES string of the molecule is CC/C(Sc1cc(=O)c2cnc(C)cc2[nH]1)=C(/C)OC. The number of ether oxygens (including phenoxy) is 1. The van der Waals surface area contributed by atoms with Crippen LogP contribution in [0.3, 0.4) is 0 Å². The molecule has 1 N–H and O–H groups in total. The molecule has 0 spiro atoms. The summed E-state index contributed by atoms with van der Waals surface area (Å²) in [4.78, 5) is 20.7. The van der Waals surface area contributed by atoms with Crippen molar-refractivity contribution < 1.29 is 4.74 Å². The quantitative estimate of drug-likeness (QED) is 0.690. The summed E-state index contributed by atoms with van der Waals surface area (Å²) in [6.07, 6.45) is 2.48. The van der Waals surface area contributed by atoms with Crippen molar-refractivity contribution in [1.29, 1.82) is 0 Å². The highest BCUT2D eigenvalue weighted by molar-refractivity contribution is 8.03. The van der Waals surface area contributed by atoms with E-state index in [-0.39, 0.29) is 5.43 Å². The van der Waals surface area contributed by atoms with E-state index in [4.69, 9.17) is 4.74 Å². The highest BCUT2D eigenvalue weighted by Crippen LogP contribution is 2.30. The Labute approximate surface area is 122 Å². The second-order valence-corrected chi connectivity index (χ2v) is 5.64. The third-order valence-electron chi connectivity index (χ3n) is 3.08. The molecule has 0 radical (unpaired) electrons. The van der Waals surface area contributed by atoms with Crippen LogP contribution in [0.5, 0.6) is 0 Å². The molecule has 0 aliphatic heterocycles. The van der Waals surface area contributed by atoms with E-state index >= 15 is 0 Å². The van der Waals surface area contributed by atoms with E-state index in [0.717, 1.165) is 33.3 Å². The lowest BCUT2D eigenvalue weighted by atomic mass is 10.2. The van der Waals surface area contributed by atoms with Crippen molar-refractivity contribution in [3.63, 3.8) is 0 Å². The molecule has 2 heterocycles. The molecule has 4 nitrogen and oxygen atoms in total. The van der Waals surface area contributed by atoms with E-state index < -0.39 is 0 Å². The lowest BCUT2D eigenvalue weighted by Crippen LogP contribution is -2.03. The van der Waals surface area contributed by atoms with Crippen molar-refractivity contribution in [2.75, 3.05) is 7.11 Å². The fraction of sp³-hybridized carbons (Fsp3) is 0.333. The van der Waals surface area contributed by atoms with Gasteiger partial charge in [-0.05, 0) is 26.3 Å². The average molecular weight is 290 g/mol. The Morgan fingerprint density at radius 3 is 2.85 bits per heavy atom. The fourth-order valence-corrected chi connectivity index (χ4v) is 2.88. The third-order valence-corrected chi connectivity index (χ3v) is 4.34. The molecule has 0 aliphatic rings. The smallest absolute Gasteiger partial charge is 0.192 e. The van der Waals surface area contributed by atoms with Gasteiger partial charge in [0, 0.05) is 22.9 Å². The van der Waals surface area contributed by atoms with E-state index in [2.05, 4.69) is 16.9 Å². The fourth-order valence-electron chi connectivity index (χ4n) is 1.92. The van der Waals surface area contributed by atoms with Gasteiger partial charge in [0.2, 0.25) is 0 Å². The number of allylic oxidation sites excluding steroid dienone is 2. The van der Waals surface area contributed by atoms with E-state index in [1.54, 1.807) is 19.4 Å². The number of pyridine rings is 2. The molecule has 0 aromatic carbocycles. The van der Waals surface area contributed by atoms with Crippen LogP contribution in [-0.4, -0.2) is 17.1 Å². The lowest BCUT2D eigenvalue weighted by Gasteiger charge is -2.09. The summed E-state index contributed by atoms with van der Waals surface area (Å²) in [5, 5.41) is 1.44. The van der Waals surface area contributed by atoms with E-state index in [1.165, 1.54) is 11.8 Å². The molecule has 0 saturated heterocycles. The van der Waals surface area contributed by atoms with Crippen molar-refractivity contribution in [2.45, 2.75) is 32.2 Å². The second kappa shape index (κ2) is 6.13. The molecule has 2 aromatic rings. The summed E-state index contributed by atoms with van der Waals surface area (Å²) >= 11 is 1.53. The predicted molar refractivity (Wildman–Crippen MR) is 83.0 cm³/mol. The first-order valence-corrected chi connectivity index (χ1v) is 7.28. The van der Waals surface area contributed by atoms with E-state index in [9.17, 15) is 4.79 Å². The Morgan fingerprint density at radius 2 is 2.20 bits per heavy atom. The standard InChI is InChI=1S/C15H18N2O2S/c1-5-14(10(3)19-4)20-15-7-13(18)11-8-16-9(2)6-12(11)17-15/h6-8H,5H2,1-4H3,(H,17,18)/b14-10+. The van der Waals surface area contributed by atoms with Crippen LogP contribution < -0.4 is 5.43 Å². The number of H-pyrrole nitrogens is 1. The van der Waals surface area contributed by atoms with Gasteiger partial charge in [0.25, 0.3) is 0 Å². The van der Waals surface area contributed by atoms with Crippen LogP contribution in [0.1, 0.15) is 26.0 Å². The Bertz CT molecular complexity index is 719. The van der Waals surface area contributed by atoms with Gasteiger partial charge in [0.1, 0.15) is 5.76 Å². The number of fused-ring (bicyclic) bond motifs is 1. The van der Waals surface area contributed by atoms with Gasteiger partial charge >= 0.3 is 0 Å². The first-order chi connectivity index (χ1) is 9.55. The van der Waals surface area contributed by atoms with Gasteiger partial charge in [-0.3, -0.25) is 9.78 Å². The minimum absolute atomic E-state index is 0.0146. The van der Waals surface area contributed by atoms with Gasteiger partial charge in [-0.15, -0.1) is 0 Å². The number of hydrogen-bond acceptors (Lipinski definition) is 4. The van der Waals surface area contributed by atoms with Crippen molar-refractivity contribution in [1.82, 2.24) is 9.97 Å². The first-order valence-electron chi connectivity index (χ1n) is 6.46. The van der Waals surface area contributed by atoms with Crippen LogP contribution in [-0.2, 0) is 4.74 Å². The number of aromatic nitrogens is 2. The Balaban J connectivity index is 2.48. The van der Waals surface area contributed by atoms with Crippen LogP contribution >= 0.6 is 11.8 Å². The lowest BCUT2D eigenvalue weighted by molar-refractivity contribution is 0.291. The largest absolute Gasteiger partial charge is 0.501 e. The van der Waals surface area contributed by atoms with Crippen molar-refractivity contribution in [3.05, 3.63) is 44.9 Å². The highest BCUT2D eigenvalue weighted by Gasteiger charge is 2.08. The molecule has 0 fully saturated rings. The third kappa shape index (κ3) is 3.04. The van der Waals surface area contributed by atoms with Crippen LogP contribution in [0.15, 0.2) is 38.8 Å². The number of nitrogens with one attached hydrogen (secondary N) is 1. The maximum absolute atomic E-state index is 12.1. The number of aromatic amines is 1. The van der Waals surface area contributed by atoms with Crippen molar-refractivity contribution in [2.24, 2.45) is 0 Å². The Kier molecular flexibility index (Phi) is 4.49. The van der Waals surface area contributed by atoms with Gasteiger partial charge in [0.15, 0.2) is 5.43 Å². The topological polar surface area (TPSA) is 55.0 Å². The molecular formula is C15H18N2O2S. The summed E-state index contributed by atoms with van der Waals surface area (Å²) in [6, 6.07) is 3.50. The van der Waals surface area contributed by atoms with Gasteiger partial charge in [0.05, 0.1) is 23.0 Å². The number of methoxy groups -OCH3 is 1. The summed E-state index contributed by atoms with van der Waals surface area (Å²) < 4.78 is 5.27. The average Bonchev–Trinajstić information content (AvgIpc) is 2.43. The molecular weight excluding hydrogens is 272 g/mol. The molecule has 0 atom stereocenters. The Morgan fingerprint density at radius 1 is 1.45 bits per heavy atom. The van der Waals surface area contributed by atoms with Crippen molar-refractivity contribution in [3.8, 4) is 0 Å². The molecule has 0 amide bonds. The van der Waals surface area contributed by atoms with Crippen molar-refractivity contribution >= 4 is 22.7 Å². The molecule has 0 unspecified atom stereocenters. The summed E-state index contributed by atoms with van der Waals surface area (Å²) in [5.74, 6) is 0.879. The summed E-state index contributed by atoms with van der Waals surface area (Å²) in [5.41, 5.74) is 1.69. The van der Waals surface area contributed by atoms with E-state index in [0.29, 0.717) is 5.39 Å². The molecule has 0 saturated carbocycles. The van der Waals surface area contributed by atoms with Crippen LogP contribution in [0.4, 0.5) is 0 Å². The van der Waals surface area contributed by atoms with Gasteiger partial charge < -0.3 is 9.72 Å². The second-order valence-electron chi connectivity index (χ2n) is 4.51. The van der Waals surface area contributed by atoms with Crippen LogP contribution in [0, 0.1) is 6.92 Å². The summed E-state index contributed by atoms with van der Waals surface area (Å²) in [7, 11) is 1.66. The predicted octanol–water partition coefficient (Wildman–Crippen LogP) is 3.61. The number of rotatable bonds is 4. The molecule has 0 bridgehead atoms. The maximum atomic E-state index is 12.1. The Hall–Kier alpha value is -1.75. The molecule has 106 valence electrons. The van der Waals surface area contributed by atoms with Crippen LogP contribution in [0.25, 0.3) is 10.9 Å². The monoisotopic (exact) mass is 290 g/mol. The number of thioether (sulfide) groups is 1. The zero-order valence-electron chi connectivity index (χ0n) is 12.1. The molecule has 5 heteroatoms. The maximum Gasteiger partial charge on any atom is 0.192 e. The van der Waals surface area contributed by atoms with E-state index in [1.807, 2.05) is 19.9 Å². The zero-order valence-corrected chi connectivity index (χ0v) is 12.9. The molecule has 2 rings (SSSR count). The van der Waals surface area contributed by atoms with Gasteiger partial charge in [-0.2, -0.15) is 0 Å². The first kappa shape index (κ1) is 14.7. The highest BCUT2D eigenvalue weighted by atomic mass is 32.2. The molecule has 2 aromatic heterocycles. The summed E-state index contributed by atoms with van der Waals surface area (Å²) in [6.45, 7) is 5.90. The number of nitrogens with zero attached hydrogens (tertiary/aromatic N) is 1. The number of aryl methyl sites for hydroxylation is 1. The van der Waals surface area contributed by atoms with Gasteiger partial charge in [-0.25, -0.2) is 0 Å². The van der Waals surface area contributed by atoms with Gasteiger partial charge in [-0.1, -0.05) is 18.7 Å². The minimum Gasteiger partial charge on any atom is -0.501 e. The zero-order chi connectivity index (χ0) is 14.7. The minimum atomic E-state index is -0.0146. The molecule has 20 heavy (non-hydrogen) atoms. The molecule has 0 aliphatic carbocycles. The number of hydrogen-bond donors (Lipinski definition) is 1. The normalized spacial score (nSPS) is 12.4. The van der Waals surface area contributed by atoms with Crippen LogP contribution in [0.2, 0.25) is 0 Å².